The van der Waals surface area contributed by atoms with Crippen molar-refractivity contribution < 1.29 is 8.42 Å². The highest BCUT2D eigenvalue weighted by atomic mass is 35.5. The standard InChI is InChI=1S/C13H22ClN3O2S/c1-15-8-5-9-16(2)20(18,19)17(3)11-12-6-4-7-13(14)10-12/h4,6-7,10,15H,5,8-9,11H2,1-3H3. The SMILES string of the molecule is CNCCCN(C)S(=O)(=O)N(C)Cc1cccc(Cl)c1. The number of halogens is 1. The van der Waals surface area contributed by atoms with Crippen LogP contribution in [0, 0.1) is 0 Å². The first-order chi connectivity index (χ1) is 9.37. The third-order valence-corrected chi connectivity index (χ3v) is 5.10. The highest BCUT2D eigenvalue weighted by molar-refractivity contribution is 7.86. The maximum absolute atomic E-state index is 12.3. The largest absolute Gasteiger partial charge is 0.320 e. The van der Waals surface area contributed by atoms with Crippen LogP contribution >= 0.6 is 11.6 Å². The van der Waals surface area contributed by atoms with Crippen molar-refractivity contribution in [3.8, 4) is 0 Å². The van der Waals surface area contributed by atoms with Gasteiger partial charge in [0, 0.05) is 32.2 Å². The van der Waals surface area contributed by atoms with Gasteiger partial charge in [0.2, 0.25) is 0 Å². The van der Waals surface area contributed by atoms with Crippen molar-refractivity contribution in [2.75, 3.05) is 34.2 Å². The van der Waals surface area contributed by atoms with Crippen LogP contribution in [-0.4, -0.2) is 51.3 Å². The first-order valence-electron chi connectivity index (χ1n) is 6.44. The summed E-state index contributed by atoms with van der Waals surface area (Å²) in [6.45, 7) is 1.58. The van der Waals surface area contributed by atoms with Crippen LogP contribution in [0.1, 0.15) is 12.0 Å². The van der Waals surface area contributed by atoms with Gasteiger partial charge in [-0.1, -0.05) is 23.7 Å². The molecule has 0 heterocycles. The molecule has 0 amide bonds. The van der Waals surface area contributed by atoms with Crippen LogP contribution in [0.15, 0.2) is 24.3 Å². The van der Waals surface area contributed by atoms with Gasteiger partial charge in [0.05, 0.1) is 0 Å². The fourth-order valence-corrected chi connectivity index (χ4v) is 3.17. The van der Waals surface area contributed by atoms with Crippen LogP contribution in [0.4, 0.5) is 0 Å². The minimum atomic E-state index is -3.43. The Hall–Kier alpha value is -0.660. The fourth-order valence-electron chi connectivity index (χ4n) is 1.81. The molecule has 20 heavy (non-hydrogen) atoms. The van der Waals surface area contributed by atoms with Crippen LogP contribution in [0.3, 0.4) is 0 Å². The number of hydrogen-bond donors (Lipinski definition) is 1. The molecule has 0 radical (unpaired) electrons. The van der Waals surface area contributed by atoms with Crippen LogP contribution < -0.4 is 5.32 Å². The van der Waals surface area contributed by atoms with Gasteiger partial charge in [-0.2, -0.15) is 17.0 Å². The summed E-state index contributed by atoms with van der Waals surface area (Å²) < 4.78 is 27.3. The quantitative estimate of drug-likeness (QED) is 0.740. The molecule has 0 saturated carbocycles. The lowest BCUT2D eigenvalue weighted by Crippen LogP contribution is -2.40. The van der Waals surface area contributed by atoms with E-state index in [1.807, 2.05) is 19.2 Å². The summed E-state index contributed by atoms with van der Waals surface area (Å²) in [6, 6.07) is 7.21. The summed E-state index contributed by atoms with van der Waals surface area (Å²) in [6.07, 6.45) is 0.775. The van der Waals surface area contributed by atoms with Gasteiger partial charge in [0.15, 0.2) is 0 Å². The van der Waals surface area contributed by atoms with E-state index in [2.05, 4.69) is 5.32 Å². The smallest absolute Gasteiger partial charge is 0.281 e. The molecule has 0 saturated heterocycles. The molecular formula is C13H22ClN3O2S. The third kappa shape index (κ3) is 5.03. The Morgan fingerprint density at radius 2 is 1.95 bits per heavy atom. The average molecular weight is 320 g/mol. The van der Waals surface area contributed by atoms with E-state index < -0.39 is 10.2 Å². The molecular weight excluding hydrogens is 298 g/mol. The third-order valence-electron chi connectivity index (χ3n) is 2.98. The topological polar surface area (TPSA) is 52.7 Å². The minimum absolute atomic E-state index is 0.305. The molecule has 7 heteroatoms. The van der Waals surface area contributed by atoms with Crippen molar-refractivity contribution in [1.29, 1.82) is 0 Å². The molecule has 0 atom stereocenters. The van der Waals surface area contributed by atoms with E-state index in [1.54, 1.807) is 26.2 Å². The summed E-state index contributed by atoms with van der Waals surface area (Å²) in [5, 5.41) is 3.61. The Balaban J connectivity index is 2.66. The second kappa shape index (κ2) is 7.95. The lowest BCUT2D eigenvalue weighted by Gasteiger charge is -2.24. The van der Waals surface area contributed by atoms with E-state index in [0.29, 0.717) is 18.1 Å². The van der Waals surface area contributed by atoms with Gasteiger partial charge in [-0.3, -0.25) is 0 Å². The number of nitrogens with zero attached hydrogens (tertiary/aromatic N) is 2. The summed E-state index contributed by atoms with van der Waals surface area (Å²) in [7, 11) is 1.58. The highest BCUT2D eigenvalue weighted by Gasteiger charge is 2.23. The molecule has 1 aromatic carbocycles. The van der Waals surface area contributed by atoms with Crippen LogP contribution in [0.25, 0.3) is 0 Å². The predicted octanol–water partition coefficient (Wildman–Crippen LogP) is 1.56. The van der Waals surface area contributed by atoms with Crippen LogP contribution in [-0.2, 0) is 16.8 Å². The van der Waals surface area contributed by atoms with Gasteiger partial charge in [-0.25, -0.2) is 0 Å². The molecule has 0 aliphatic heterocycles. The lowest BCUT2D eigenvalue weighted by molar-refractivity contribution is 0.385. The average Bonchev–Trinajstić information content (AvgIpc) is 2.38. The lowest BCUT2D eigenvalue weighted by atomic mass is 10.2. The van der Waals surface area contributed by atoms with Gasteiger partial charge < -0.3 is 5.32 Å². The van der Waals surface area contributed by atoms with Crippen LogP contribution in [0.2, 0.25) is 5.02 Å². The van der Waals surface area contributed by atoms with E-state index in [4.69, 9.17) is 11.6 Å². The fraction of sp³-hybridized carbons (Fsp3) is 0.538. The Morgan fingerprint density at radius 3 is 2.55 bits per heavy atom. The monoisotopic (exact) mass is 319 g/mol. The Bertz CT molecular complexity index is 522. The molecule has 114 valence electrons. The van der Waals surface area contributed by atoms with Crippen LogP contribution in [0.5, 0.6) is 0 Å². The minimum Gasteiger partial charge on any atom is -0.320 e. The predicted molar refractivity (Wildman–Crippen MR) is 83.0 cm³/mol. The number of nitrogens with one attached hydrogen (secondary N) is 1. The van der Waals surface area contributed by atoms with E-state index in [1.165, 1.54) is 8.61 Å². The molecule has 5 nitrogen and oxygen atoms in total. The van der Waals surface area contributed by atoms with E-state index in [9.17, 15) is 8.42 Å². The maximum atomic E-state index is 12.3. The molecule has 0 unspecified atom stereocenters. The summed E-state index contributed by atoms with van der Waals surface area (Å²) >= 11 is 5.90. The summed E-state index contributed by atoms with van der Waals surface area (Å²) in [5.74, 6) is 0. The summed E-state index contributed by atoms with van der Waals surface area (Å²) in [5.41, 5.74) is 0.868. The molecule has 1 rings (SSSR count). The first kappa shape index (κ1) is 17.4. The van der Waals surface area contributed by atoms with Crippen molar-refractivity contribution in [2.45, 2.75) is 13.0 Å². The number of hydrogen-bond acceptors (Lipinski definition) is 3. The van der Waals surface area contributed by atoms with Gasteiger partial charge in [0.25, 0.3) is 10.2 Å². The Kier molecular flexibility index (Phi) is 6.91. The van der Waals surface area contributed by atoms with Crippen molar-refractivity contribution in [3.05, 3.63) is 34.9 Å². The van der Waals surface area contributed by atoms with Gasteiger partial charge in [-0.15, -0.1) is 0 Å². The van der Waals surface area contributed by atoms with E-state index in [0.717, 1.165) is 18.5 Å². The Labute approximate surface area is 126 Å². The molecule has 0 fully saturated rings. The zero-order valence-corrected chi connectivity index (χ0v) is 13.7. The van der Waals surface area contributed by atoms with E-state index >= 15 is 0 Å². The number of benzene rings is 1. The van der Waals surface area contributed by atoms with E-state index in [-0.39, 0.29) is 0 Å². The second-order valence-electron chi connectivity index (χ2n) is 4.67. The van der Waals surface area contributed by atoms with Crippen molar-refractivity contribution in [2.24, 2.45) is 0 Å². The maximum Gasteiger partial charge on any atom is 0.281 e. The molecule has 1 aromatic rings. The number of rotatable bonds is 8. The molecule has 0 spiro atoms. The van der Waals surface area contributed by atoms with Gasteiger partial charge >= 0.3 is 0 Å². The zero-order chi connectivity index (χ0) is 15.2. The zero-order valence-electron chi connectivity index (χ0n) is 12.1. The normalized spacial score (nSPS) is 12.3. The summed E-state index contributed by atoms with van der Waals surface area (Å²) in [4.78, 5) is 0. The molecule has 1 N–H and O–H groups in total. The van der Waals surface area contributed by atoms with Crippen molar-refractivity contribution in [1.82, 2.24) is 13.9 Å². The molecule has 0 aromatic heterocycles. The molecule has 0 aliphatic rings. The second-order valence-corrected chi connectivity index (χ2v) is 7.25. The van der Waals surface area contributed by atoms with Crippen molar-refractivity contribution >= 4 is 21.8 Å². The molecule has 0 bridgehead atoms. The van der Waals surface area contributed by atoms with Gasteiger partial charge in [0.1, 0.15) is 0 Å². The molecule has 0 aliphatic carbocycles. The van der Waals surface area contributed by atoms with Crippen molar-refractivity contribution in [3.63, 3.8) is 0 Å². The highest BCUT2D eigenvalue weighted by Crippen LogP contribution is 2.14. The first-order valence-corrected chi connectivity index (χ1v) is 8.22. The van der Waals surface area contributed by atoms with Gasteiger partial charge in [-0.05, 0) is 37.7 Å². The Morgan fingerprint density at radius 1 is 1.25 bits per heavy atom.